The topological polar surface area (TPSA) is 26.0 Å². The normalized spacial score (nSPS) is 12.7. The Morgan fingerprint density at radius 2 is 1.83 bits per heavy atom. The fraction of sp³-hybridized carbons (Fsp3) is 0.375. The van der Waals surface area contributed by atoms with Crippen molar-refractivity contribution in [2.75, 3.05) is 0 Å². The Balaban J connectivity index is 2.37. The molecule has 0 saturated carbocycles. The molecule has 0 spiro atoms. The van der Waals surface area contributed by atoms with Crippen molar-refractivity contribution in [2.24, 2.45) is 5.73 Å². The lowest BCUT2D eigenvalue weighted by molar-refractivity contribution is 0.860. The third-order valence-electron chi connectivity index (χ3n) is 3.58. The van der Waals surface area contributed by atoms with E-state index >= 15 is 0 Å². The van der Waals surface area contributed by atoms with Crippen LogP contribution in [-0.2, 0) is 12.8 Å². The minimum atomic E-state index is 0.00690. The van der Waals surface area contributed by atoms with Crippen molar-refractivity contribution >= 4 is 11.3 Å². The van der Waals surface area contributed by atoms with Crippen LogP contribution in [0.25, 0.3) is 0 Å². The van der Waals surface area contributed by atoms with E-state index in [0.29, 0.717) is 0 Å². The van der Waals surface area contributed by atoms with Crippen molar-refractivity contribution in [1.82, 2.24) is 0 Å². The molecule has 0 fully saturated rings. The molecule has 1 unspecified atom stereocenters. The molecule has 0 aliphatic carbocycles. The highest BCUT2D eigenvalue weighted by molar-refractivity contribution is 7.08. The van der Waals surface area contributed by atoms with E-state index in [4.69, 9.17) is 5.73 Å². The van der Waals surface area contributed by atoms with Crippen molar-refractivity contribution in [3.8, 4) is 0 Å². The largest absolute Gasteiger partial charge is 0.320 e. The summed E-state index contributed by atoms with van der Waals surface area (Å²) in [4.78, 5) is 0. The van der Waals surface area contributed by atoms with Crippen LogP contribution in [0.1, 0.15) is 47.7 Å². The summed E-state index contributed by atoms with van der Waals surface area (Å²) in [6.45, 7) is 6.55. The summed E-state index contributed by atoms with van der Waals surface area (Å²) in [6, 6.07) is 6.70. The van der Waals surface area contributed by atoms with Gasteiger partial charge in [-0.3, -0.25) is 0 Å². The van der Waals surface area contributed by atoms with Crippen LogP contribution in [0.3, 0.4) is 0 Å². The SMILES string of the molecule is CCc1ccc(C(N)c2cscc2C)cc1CC. The molecule has 96 valence electrons. The molecule has 2 N–H and O–H groups in total. The van der Waals surface area contributed by atoms with Gasteiger partial charge in [0.2, 0.25) is 0 Å². The molecule has 18 heavy (non-hydrogen) atoms. The summed E-state index contributed by atoms with van der Waals surface area (Å²) in [7, 11) is 0. The van der Waals surface area contributed by atoms with E-state index in [9.17, 15) is 0 Å². The van der Waals surface area contributed by atoms with Gasteiger partial charge in [0.25, 0.3) is 0 Å². The molecule has 2 aromatic rings. The van der Waals surface area contributed by atoms with Crippen LogP contribution in [0, 0.1) is 6.92 Å². The zero-order chi connectivity index (χ0) is 13.1. The fourth-order valence-corrected chi connectivity index (χ4v) is 3.27. The zero-order valence-electron chi connectivity index (χ0n) is 11.4. The van der Waals surface area contributed by atoms with E-state index in [1.54, 1.807) is 11.3 Å². The summed E-state index contributed by atoms with van der Waals surface area (Å²) >= 11 is 1.73. The molecule has 1 nitrogen and oxygen atoms in total. The van der Waals surface area contributed by atoms with Gasteiger partial charge in [-0.05, 0) is 58.3 Å². The molecule has 0 aliphatic heterocycles. The molecule has 1 aromatic carbocycles. The van der Waals surface area contributed by atoms with Crippen LogP contribution in [0.15, 0.2) is 29.0 Å². The Labute approximate surface area is 114 Å². The molecule has 1 atom stereocenters. The Kier molecular flexibility index (Phi) is 4.20. The predicted octanol–water partition coefficient (Wildman–Crippen LogP) is 4.23. The van der Waals surface area contributed by atoms with E-state index in [2.05, 4.69) is 49.7 Å². The summed E-state index contributed by atoms with van der Waals surface area (Å²) in [5, 5.41) is 4.33. The fourth-order valence-electron chi connectivity index (χ4n) is 2.38. The highest BCUT2D eigenvalue weighted by atomic mass is 32.1. The molecule has 0 amide bonds. The van der Waals surface area contributed by atoms with Crippen molar-refractivity contribution in [3.63, 3.8) is 0 Å². The maximum Gasteiger partial charge on any atom is 0.0562 e. The highest BCUT2D eigenvalue weighted by Crippen LogP contribution is 2.27. The summed E-state index contributed by atoms with van der Waals surface area (Å²) < 4.78 is 0. The minimum Gasteiger partial charge on any atom is -0.320 e. The van der Waals surface area contributed by atoms with E-state index < -0.39 is 0 Å². The Bertz CT molecular complexity index is 528. The maximum absolute atomic E-state index is 6.38. The Morgan fingerprint density at radius 3 is 2.39 bits per heavy atom. The predicted molar refractivity (Wildman–Crippen MR) is 80.3 cm³/mol. The lowest BCUT2D eigenvalue weighted by atomic mass is 9.94. The van der Waals surface area contributed by atoms with E-state index in [-0.39, 0.29) is 6.04 Å². The van der Waals surface area contributed by atoms with Crippen molar-refractivity contribution in [3.05, 3.63) is 56.8 Å². The molecular weight excluding hydrogens is 238 g/mol. The van der Waals surface area contributed by atoms with E-state index in [1.807, 2.05) is 0 Å². The first-order valence-electron chi connectivity index (χ1n) is 6.57. The summed E-state index contributed by atoms with van der Waals surface area (Å²) in [6.07, 6.45) is 2.17. The van der Waals surface area contributed by atoms with Crippen molar-refractivity contribution in [2.45, 2.75) is 39.7 Å². The first-order chi connectivity index (χ1) is 8.67. The molecule has 2 heteroatoms. The van der Waals surface area contributed by atoms with Gasteiger partial charge in [-0.2, -0.15) is 11.3 Å². The Hall–Kier alpha value is -1.12. The van der Waals surface area contributed by atoms with Gasteiger partial charge in [-0.1, -0.05) is 32.0 Å². The second-order valence-electron chi connectivity index (χ2n) is 4.72. The maximum atomic E-state index is 6.38. The van der Waals surface area contributed by atoms with Gasteiger partial charge in [0.15, 0.2) is 0 Å². The van der Waals surface area contributed by atoms with Gasteiger partial charge in [-0.25, -0.2) is 0 Å². The standard InChI is InChI=1S/C16H21NS/c1-4-12-6-7-14(8-13(12)5-2)16(17)15-10-18-9-11(15)3/h6-10,16H,4-5,17H2,1-3H3. The lowest BCUT2D eigenvalue weighted by Gasteiger charge is -2.15. The second kappa shape index (κ2) is 5.68. The zero-order valence-corrected chi connectivity index (χ0v) is 12.2. The number of aryl methyl sites for hydroxylation is 3. The Morgan fingerprint density at radius 1 is 1.11 bits per heavy atom. The molecule has 0 bridgehead atoms. The van der Waals surface area contributed by atoms with Crippen LogP contribution >= 0.6 is 11.3 Å². The molecule has 0 radical (unpaired) electrons. The van der Waals surface area contributed by atoms with Crippen molar-refractivity contribution in [1.29, 1.82) is 0 Å². The molecule has 0 aliphatic rings. The number of thiophene rings is 1. The number of hydrogen-bond acceptors (Lipinski definition) is 2. The van der Waals surface area contributed by atoms with E-state index in [1.165, 1.54) is 27.8 Å². The van der Waals surface area contributed by atoms with Gasteiger partial charge in [0.1, 0.15) is 0 Å². The van der Waals surface area contributed by atoms with Crippen LogP contribution in [-0.4, -0.2) is 0 Å². The van der Waals surface area contributed by atoms with Crippen molar-refractivity contribution < 1.29 is 0 Å². The summed E-state index contributed by atoms with van der Waals surface area (Å²) in [5.74, 6) is 0. The van der Waals surface area contributed by atoms with E-state index in [0.717, 1.165) is 12.8 Å². The molecular formula is C16H21NS. The first kappa shape index (κ1) is 13.3. The quantitative estimate of drug-likeness (QED) is 0.873. The third kappa shape index (κ3) is 2.50. The second-order valence-corrected chi connectivity index (χ2v) is 5.47. The van der Waals surface area contributed by atoms with Crippen LogP contribution in [0.5, 0.6) is 0 Å². The average Bonchev–Trinajstić information content (AvgIpc) is 2.83. The third-order valence-corrected chi connectivity index (χ3v) is 4.46. The first-order valence-corrected chi connectivity index (χ1v) is 7.51. The van der Waals surface area contributed by atoms with Crippen LogP contribution < -0.4 is 5.73 Å². The monoisotopic (exact) mass is 259 g/mol. The molecule has 1 aromatic heterocycles. The number of benzene rings is 1. The van der Waals surface area contributed by atoms with Gasteiger partial charge in [0.05, 0.1) is 6.04 Å². The smallest absolute Gasteiger partial charge is 0.0562 e. The van der Waals surface area contributed by atoms with Gasteiger partial charge < -0.3 is 5.73 Å². The molecule has 2 rings (SSSR count). The van der Waals surface area contributed by atoms with Gasteiger partial charge >= 0.3 is 0 Å². The van der Waals surface area contributed by atoms with Gasteiger partial charge in [-0.15, -0.1) is 0 Å². The van der Waals surface area contributed by atoms with Crippen LogP contribution in [0.2, 0.25) is 0 Å². The molecule has 1 heterocycles. The number of hydrogen-bond donors (Lipinski definition) is 1. The summed E-state index contributed by atoms with van der Waals surface area (Å²) in [5.41, 5.74) is 13.0. The molecule has 0 saturated heterocycles. The minimum absolute atomic E-state index is 0.00690. The average molecular weight is 259 g/mol. The highest BCUT2D eigenvalue weighted by Gasteiger charge is 2.13. The van der Waals surface area contributed by atoms with Gasteiger partial charge in [0, 0.05) is 0 Å². The van der Waals surface area contributed by atoms with Crippen LogP contribution in [0.4, 0.5) is 0 Å². The number of rotatable bonds is 4. The lowest BCUT2D eigenvalue weighted by Crippen LogP contribution is -2.12. The number of nitrogens with two attached hydrogens (primary N) is 1.